The number of hydrogen-bond donors (Lipinski definition) is 1. The van der Waals surface area contributed by atoms with Gasteiger partial charge in [-0.25, -0.2) is 4.98 Å². The zero-order chi connectivity index (χ0) is 13.5. The van der Waals surface area contributed by atoms with E-state index in [0.717, 1.165) is 13.1 Å². The molecular weight excluding hydrogens is 238 g/mol. The summed E-state index contributed by atoms with van der Waals surface area (Å²) in [6.07, 6.45) is 8.52. The van der Waals surface area contributed by atoms with Gasteiger partial charge in [0.2, 0.25) is 5.88 Å². The average molecular weight is 263 g/mol. The molecule has 1 aliphatic rings. The molecule has 0 saturated carbocycles. The number of rotatable bonds is 4. The van der Waals surface area contributed by atoms with Crippen molar-refractivity contribution < 1.29 is 4.74 Å². The molecule has 4 heteroatoms. The summed E-state index contributed by atoms with van der Waals surface area (Å²) in [4.78, 5) is 6.81. The maximum absolute atomic E-state index is 6.00. The number of methoxy groups -OCH3 is 1. The number of nitrogens with two attached hydrogens (primary N) is 1. The monoisotopic (exact) mass is 263 g/mol. The lowest BCUT2D eigenvalue weighted by atomic mass is 10.0. The fraction of sp³-hybridized carbons (Fsp3) is 0.667. The van der Waals surface area contributed by atoms with Crippen molar-refractivity contribution in [2.24, 2.45) is 5.73 Å². The molecule has 0 aromatic carbocycles. The van der Waals surface area contributed by atoms with E-state index in [1.54, 1.807) is 7.11 Å². The van der Waals surface area contributed by atoms with E-state index in [1.807, 2.05) is 12.3 Å². The van der Waals surface area contributed by atoms with Gasteiger partial charge in [-0.1, -0.05) is 25.3 Å². The quantitative estimate of drug-likeness (QED) is 0.906. The molecule has 0 radical (unpaired) electrons. The topological polar surface area (TPSA) is 51.4 Å². The van der Waals surface area contributed by atoms with Crippen LogP contribution in [-0.2, 0) is 0 Å². The molecule has 1 atom stereocenters. The van der Waals surface area contributed by atoms with E-state index in [2.05, 4.69) is 16.0 Å². The van der Waals surface area contributed by atoms with Gasteiger partial charge >= 0.3 is 0 Å². The van der Waals surface area contributed by atoms with Gasteiger partial charge in [0, 0.05) is 24.8 Å². The van der Waals surface area contributed by atoms with Gasteiger partial charge in [-0.15, -0.1) is 0 Å². The Balaban J connectivity index is 2.07. The Morgan fingerprint density at radius 2 is 1.89 bits per heavy atom. The van der Waals surface area contributed by atoms with Gasteiger partial charge in [0.05, 0.1) is 7.11 Å². The minimum Gasteiger partial charge on any atom is -0.481 e. The first-order chi connectivity index (χ1) is 9.35. The zero-order valence-corrected chi connectivity index (χ0v) is 11.8. The Kier molecular flexibility index (Phi) is 5.61. The second-order valence-corrected chi connectivity index (χ2v) is 5.19. The normalized spacial score (nSPS) is 19.5. The Morgan fingerprint density at radius 1 is 1.21 bits per heavy atom. The van der Waals surface area contributed by atoms with Crippen LogP contribution in [0.5, 0.6) is 5.88 Å². The van der Waals surface area contributed by atoms with E-state index in [1.165, 1.54) is 37.7 Å². The molecule has 19 heavy (non-hydrogen) atoms. The maximum Gasteiger partial charge on any atom is 0.212 e. The molecule has 2 heterocycles. The van der Waals surface area contributed by atoms with Crippen LogP contribution >= 0.6 is 0 Å². The number of likely N-dealkylation sites (tertiary alicyclic amines) is 1. The van der Waals surface area contributed by atoms with Gasteiger partial charge in [0.1, 0.15) is 0 Å². The van der Waals surface area contributed by atoms with Crippen LogP contribution in [0, 0.1) is 0 Å². The van der Waals surface area contributed by atoms with Crippen LogP contribution in [0.15, 0.2) is 18.3 Å². The molecule has 0 bridgehead atoms. The summed E-state index contributed by atoms with van der Waals surface area (Å²) in [5.41, 5.74) is 7.19. The van der Waals surface area contributed by atoms with E-state index in [-0.39, 0.29) is 6.04 Å². The van der Waals surface area contributed by atoms with Gasteiger partial charge in [0.15, 0.2) is 0 Å². The van der Waals surface area contributed by atoms with Crippen molar-refractivity contribution in [3.63, 3.8) is 0 Å². The largest absolute Gasteiger partial charge is 0.481 e. The molecule has 1 aromatic heterocycles. The van der Waals surface area contributed by atoms with Crippen molar-refractivity contribution in [3.05, 3.63) is 23.9 Å². The summed E-state index contributed by atoms with van der Waals surface area (Å²) in [5, 5.41) is 0. The molecule has 2 N–H and O–H groups in total. The Hall–Kier alpha value is -1.13. The number of pyridine rings is 1. The summed E-state index contributed by atoms with van der Waals surface area (Å²) in [7, 11) is 1.64. The molecule has 0 spiro atoms. The third-order valence-corrected chi connectivity index (χ3v) is 3.91. The van der Waals surface area contributed by atoms with Gasteiger partial charge in [-0.2, -0.15) is 0 Å². The minimum atomic E-state index is 0.288. The predicted molar refractivity (Wildman–Crippen MR) is 77.2 cm³/mol. The lowest BCUT2D eigenvalue weighted by Gasteiger charge is -2.32. The van der Waals surface area contributed by atoms with Crippen LogP contribution in [0.25, 0.3) is 0 Å². The highest BCUT2D eigenvalue weighted by molar-refractivity contribution is 5.21. The molecule has 0 amide bonds. The van der Waals surface area contributed by atoms with E-state index in [9.17, 15) is 0 Å². The standard InChI is InChI=1S/C15H25N3O/c1-19-15-8-7-13(12-17-15)14(11-16)18-9-5-3-2-4-6-10-18/h7-8,12,14H,2-6,9-11,16H2,1H3. The van der Waals surface area contributed by atoms with Gasteiger partial charge in [0.25, 0.3) is 0 Å². The van der Waals surface area contributed by atoms with E-state index in [0.29, 0.717) is 12.4 Å². The first kappa shape index (κ1) is 14.3. The molecule has 1 saturated heterocycles. The summed E-state index contributed by atoms with van der Waals surface area (Å²) in [6.45, 7) is 2.94. The van der Waals surface area contributed by atoms with Crippen LogP contribution in [0.3, 0.4) is 0 Å². The molecule has 4 nitrogen and oxygen atoms in total. The lowest BCUT2D eigenvalue weighted by Crippen LogP contribution is -2.36. The predicted octanol–water partition coefficient (Wildman–Crippen LogP) is 2.36. The van der Waals surface area contributed by atoms with Crippen molar-refractivity contribution in [2.75, 3.05) is 26.7 Å². The van der Waals surface area contributed by atoms with Crippen molar-refractivity contribution in [3.8, 4) is 5.88 Å². The van der Waals surface area contributed by atoms with Gasteiger partial charge in [-0.3, -0.25) is 4.90 Å². The Labute approximate surface area is 116 Å². The number of aromatic nitrogens is 1. The van der Waals surface area contributed by atoms with Crippen LogP contribution in [0.2, 0.25) is 0 Å². The SMILES string of the molecule is COc1ccc(C(CN)N2CCCCCCC2)cn1. The number of ether oxygens (including phenoxy) is 1. The van der Waals surface area contributed by atoms with Crippen LogP contribution in [0.1, 0.15) is 43.7 Å². The second-order valence-electron chi connectivity index (χ2n) is 5.19. The first-order valence-corrected chi connectivity index (χ1v) is 7.29. The first-order valence-electron chi connectivity index (χ1n) is 7.29. The van der Waals surface area contributed by atoms with Crippen LogP contribution in [0.4, 0.5) is 0 Å². The third-order valence-electron chi connectivity index (χ3n) is 3.91. The number of hydrogen-bond acceptors (Lipinski definition) is 4. The maximum atomic E-state index is 6.00. The van der Waals surface area contributed by atoms with Crippen LogP contribution < -0.4 is 10.5 Å². The Morgan fingerprint density at radius 3 is 2.42 bits per heavy atom. The van der Waals surface area contributed by atoms with Crippen molar-refractivity contribution >= 4 is 0 Å². The molecular formula is C15H25N3O. The van der Waals surface area contributed by atoms with E-state index < -0.39 is 0 Å². The van der Waals surface area contributed by atoms with E-state index in [4.69, 9.17) is 10.5 Å². The van der Waals surface area contributed by atoms with Crippen molar-refractivity contribution in [1.29, 1.82) is 0 Å². The summed E-state index contributed by atoms with van der Waals surface area (Å²) < 4.78 is 5.11. The fourth-order valence-corrected chi connectivity index (χ4v) is 2.79. The van der Waals surface area contributed by atoms with Crippen LogP contribution in [-0.4, -0.2) is 36.6 Å². The van der Waals surface area contributed by atoms with Gasteiger partial charge < -0.3 is 10.5 Å². The van der Waals surface area contributed by atoms with E-state index >= 15 is 0 Å². The van der Waals surface area contributed by atoms with Crippen molar-refractivity contribution in [2.45, 2.75) is 38.1 Å². The summed E-state index contributed by atoms with van der Waals surface area (Å²) in [5.74, 6) is 0.659. The second kappa shape index (κ2) is 7.46. The lowest BCUT2D eigenvalue weighted by molar-refractivity contribution is 0.183. The third kappa shape index (κ3) is 3.91. The highest BCUT2D eigenvalue weighted by Gasteiger charge is 2.19. The smallest absolute Gasteiger partial charge is 0.212 e. The molecule has 1 fully saturated rings. The highest BCUT2D eigenvalue weighted by Crippen LogP contribution is 2.23. The molecule has 2 rings (SSSR count). The Bertz CT molecular complexity index is 358. The highest BCUT2D eigenvalue weighted by atomic mass is 16.5. The fourth-order valence-electron chi connectivity index (χ4n) is 2.79. The van der Waals surface area contributed by atoms with Gasteiger partial charge in [-0.05, 0) is 31.5 Å². The molecule has 1 unspecified atom stereocenters. The minimum absolute atomic E-state index is 0.288. The average Bonchev–Trinajstić information content (AvgIpc) is 2.42. The molecule has 0 aliphatic carbocycles. The molecule has 1 aliphatic heterocycles. The number of nitrogens with zero attached hydrogens (tertiary/aromatic N) is 2. The zero-order valence-electron chi connectivity index (χ0n) is 11.8. The van der Waals surface area contributed by atoms with Crippen molar-refractivity contribution in [1.82, 2.24) is 9.88 Å². The molecule has 106 valence electrons. The summed E-state index contributed by atoms with van der Waals surface area (Å²) in [6, 6.07) is 4.29. The summed E-state index contributed by atoms with van der Waals surface area (Å²) >= 11 is 0. The molecule has 1 aromatic rings.